The van der Waals surface area contributed by atoms with Crippen LogP contribution in [0.1, 0.15) is 12.5 Å². The van der Waals surface area contributed by atoms with E-state index in [0.29, 0.717) is 15.6 Å². The fourth-order valence-electron chi connectivity index (χ4n) is 2.78. The monoisotopic (exact) mass is 470 g/mol. The van der Waals surface area contributed by atoms with Crippen molar-refractivity contribution in [2.24, 2.45) is 5.92 Å². The van der Waals surface area contributed by atoms with Crippen molar-refractivity contribution in [1.82, 2.24) is 5.06 Å². The highest BCUT2D eigenvalue weighted by Gasteiger charge is 2.59. The van der Waals surface area contributed by atoms with Gasteiger partial charge in [0.05, 0.1) is 12.7 Å². The van der Waals surface area contributed by atoms with Crippen LogP contribution in [0.4, 0.5) is 13.2 Å². The average molecular weight is 472 g/mol. The fourth-order valence-corrected chi connectivity index (χ4v) is 4.15. The molecule has 10 heteroatoms. The lowest BCUT2D eigenvalue weighted by molar-refractivity contribution is -0.230. The second-order valence-electron chi connectivity index (χ2n) is 5.82. The van der Waals surface area contributed by atoms with Gasteiger partial charge in [0.2, 0.25) is 0 Å². The van der Waals surface area contributed by atoms with Gasteiger partial charge in [0, 0.05) is 32.3 Å². The molecule has 142 valence electrons. The highest BCUT2D eigenvalue weighted by atomic mass is 79.9. The van der Waals surface area contributed by atoms with Crippen LogP contribution < -0.4 is 0 Å². The summed E-state index contributed by atoms with van der Waals surface area (Å²) in [5.41, 5.74) is -2.09. The van der Waals surface area contributed by atoms with E-state index in [0.717, 1.165) is 0 Å². The van der Waals surface area contributed by atoms with Crippen molar-refractivity contribution in [3.8, 4) is 6.07 Å². The topological polar surface area (TPSA) is 53.3 Å². The molecule has 26 heavy (non-hydrogen) atoms. The number of nitriles is 1. The minimum Gasteiger partial charge on any atom is -0.272 e. The maximum absolute atomic E-state index is 13.7. The van der Waals surface area contributed by atoms with Gasteiger partial charge in [-0.05, 0) is 24.6 Å². The molecule has 0 amide bonds. The SMILES string of the molecule is CS(=O)CCON1C(C(F)(F)F)=C(Br)C(C#N)C1(C)c1ccc(Cl)cc1. The Morgan fingerprint density at radius 2 is 2.00 bits per heavy atom. The summed E-state index contributed by atoms with van der Waals surface area (Å²) in [5.74, 6) is -1.10. The normalized spacial score (nSPS) is 24.7. The van der Waals surface area contributed by atoms with Crippen molar-refractivity contribution in [3.05, 3.63) is 45.0 Å². The molecule has 0 bridgehead atoms. The van der Waals surface area contributed by atoms with Crippen molar-refractivity contribution >= 4 is 38.3 Å². The van der Waals surface area contributed by atoms with Gasteiger partial charge in [0.25, 0.3) is 0 Å². The van der Waals surface area contributed by atoms with E-state index in [9.17, 15) is 22.6 Å². The van der Waals surface area contributed by atoms with Crippen molar-refractivity contribution in [3.63, 3.8) is 0 Å². The number of nitrogens with zero attached hydrogens (tertiary/aromatic N) is 2. The summed E-state index contributed by atoms with van der Waals surface area (Å²) in [5, 5.41) is 10.7. The molecule has 0 aliphatic carbocycles. The number of halogens is 5. The molecule has 1 aliphatic rings. The zero-order valence-electron chi connectivity index (χ0n) is 13.8. The molecule has 3 unspecified atom stereocenters. The first-order chi connectivity index (χ1) is 12.0. The summed E-state index contributed by atoms with van der Waals surface area (Å²) in [4.78, 5) is 5.40. The van der Waals surface area contributed by atoms with Crippen LogP contribution in [0.25, 0.3) is 0 Å². The molecule has 1 aliphatic heterocycles. The van der Waals surface area contributed by atoms with E-state index in [1.54, 1.807) is 12.1 Å². The quantitative estimate of drug-likeness (QED) is 0.635. The largest absolute Gasteiger partial charge is 0.434 e. The van der Waals surface area contributed by atoms with Crippen molar-refractivity contribution < 1.29 is 22.2 Å². The van der Waals surface area contributed by atoms with Crippen LogP contribution in [0.5, 0.6) is 0 Å². The Labute approximate surface area is 165 Å². The minimum absolute atomic E-state index is 0.0627. The summed E-state index contributed by atoms with van der Waals surface area (Å²) < 4.78 is 52.0. The van der Waals surface area contributed by atoms with E-state index in [1.165, 1.54) is 25.3 Å². The van der Waals surface area contributed by atoms with E-state index < -0.39 is 34.1 Å². The summed E-state index contributed by atoms with van der Waals surface area (Å²) in [6.45, 7) is 1.30. The van der Waals surface area contributed by atoms with Crippen LogP contribution in [0.2, 0.25) is 5.02 Å². The molecule has 1 heterocycles. The molecule has 2 rings (SSSR count). The van der Waals surface area contributed by atoms with Crippen molar-refractivity contribution in [1.29, 1.82) is 5.26 Å². The van der Waals surface area contributed by atoms with Gasteiger partial charge in [-0.3, -0.25) is 9.05 Å². The molecule has 0 N–H and O–H groups in total. The van der Waals surface area contributed by atoms with E-state index in [1.807, 2.05) is 6.07 Å². The smallest absolute Gasteiger partial charge is 0.272 e. The predicted octanol–water partition coefficient (Wildman–Crippen LogP) is 4.49. The molecule has 0 saturated carbocycles. The third-order valence-electron chi connectivity index (χ3n) is 4.08. The summed E-state index contributed by atoms with van der Waals surface area (Å²) >= 11 is 8.82. The van der Waals surface area contributed by atoms with Crippen molar-refractivity contribution in [2.45, 2.75) is 18.6 Å². The van der Waals surface area contributed by atoms with Crippen molar-refractivity contribution in [2.75, 3.05) is 18.6 Å². The lowest BCUT2D eigenvalue weighted by Crippen LogP contribution is -2.46. The third kappa shape index (κ3) is 3.93. The number of hydrogen-bond acceptors (Lipinski definition) is 4. The van der Waals surface area contributed by atoms with Crippen LogP contribution in [0, 0.1) is 17.2 Å². The summed E-state index contributed by atoms with van der Waals surface area (Å²) in [7, 11) is -1.23. The maximum Gasteiger partial charge on any atom is 0.434 e. The Bertz CT molecular complexity index is 779. The second kappa shape index (κ2) is 7.89. The molecule has 4 nitrogen and oxygen atoms in total. The molecule has 0 spiro atoms. The molecular formula is C16H15BrClF3N2O2S. The van der Waals surface area contributed by atoms with Crippen LogP contribution >= 0.6 is 27.5 Å². The van der Waals surface area contributed by atoms with Gasteiger partial charge >= 0.3 is 6.18 Å². The Balaban J connectivity index is 2.57. The number of hydroxylamine groups is 2. The number of allylic oxidation sites excluding steroid dienone is 1. The van der Waals surface area contributed by atoms with Crippen LogP contribution in [-0.4, -0.2) is 34.1 Å². The fraction of sp³-hybridized carbons (Fsp3) is 0.438. The molecule has 0 saturated heterocycles. The van der Waals surface area contributed by atoms with Gasteiger partial charge in [-0.1, -0.05) is 39.7 Å². The molecular weight excluding hydrogens is 457 g/mol. The molecule has 0 aromatic heterocycles. The number of hydrogen-bond donors (Lipinski definition) is 0. The van der Waals surface area contributed by atoms with E-state index >= 15 is 0 Å². The lowest BCUT2D eigenvalue weighted by Gasteiger charge is -2.39. The van der Waals surface area contributed by atoms with E-state index in [4.69, 9.17) is 16.4 Å². The number of alkyl halides is 3. The first-order valence-electron chi connectivity index (χ1n) is 7.39. The zero-order valence-corrected chi connectivity index (χ0v) is 17.0. The number of rotatable bonds is 5. The molecule has 0 radical (unpaired) electrons. The van der Waals surface area contributed by atoms with Crippen LogP contribution in [0.3, 0.4) is 0 Å². The number of benzene rings is 1. The highest BCUT2D eigenvalue weighted by Crippen LogP contribution is 2.54. The Morgan fingerprint density at radius 1 is 1.42 bits per heavy atom. The highest BCUT2D eigenvalue weighted by molar-refractivity contribution is 9.11. The van der Waals surface area contributed by atoms with Gasteiger partial charge in [0.1, 0.15) is 11.5 Å². The predicted molar refractivity (Wildman–Crippen MR) is 96.6 cm³/mol. The standard InChI is InChI=1S/C16H15BrClF3N2O2S/c1-15(10-3-5-11(18)6-4-10)12(9-22)13(17)14(16(19,20)21)23(15)25-7-8-26(2)24/h3-6,12H,7-8H2,1-2H3. The average Bonchev–Trinajstić information content (AvgIpc) is 2.75. The summed E-state index contributed by atoms with van der Waals surface area (Å²) in [6.07, 6.45) is -3.32. The van der Waals surface area contributed by atoms with Gasteiger partial charge in [-0.25, -0.2) is 5.06 Å². The summed E-state index contributed by atoms with van der Waals surface area (Å²) in [6, 6.07) is 8.12. The first-order valence-corrected chi connectivity index (χ1v) is 10.3. The lowest BCUT2D eigenvalue weighted by atomic mass is 9.82. The first kappa shape index (κ1) is 21.2. The van der Waals surface area contributed by atoms with Crippen LogP contribution in [-0.2, 0) is 21.2 Å². The van der Waals surface area contributed by atoms with E-state index in [-0.39, 0.29) is 16.8 Å². The second-order valence-corrected chi connectivity index (χ2v) is 8.66. The van der Waals surface area contributed by atoms with Gasteiger partial charge in [-0.15, -0.1) is 0 Å². The molecule has 1 aromatic carbocycles. The molecule has 1 aromatic rings. The Kier molecular flexibility index (Phi) is 6.44. The van der Waals surface area contributed by atoms with E-state index in [2.05, 4.69) is 15.9 Å². The third-order valence-corrected chi connectivity index (χ3v) is 5.91. The molecule has 3 atom stereocenters. The van der Waals surface area contributed by atoms with Crippen LogP contribution in [0.15, 0.2) is 34.4 Å². The van der Waals surface area contributed by atoms with Gasteiger partial charge in [-0.2, -0.15) is 18.4 Å². The molecule has 0 fully saturated rings. The minimum atomic E-state index is -4.75. The Hall–Kier alpha value is -1.08. The Morgan fingerprint density at radius 3 is 2.46 bits per heavy atom. The van der Waals surface area contributed by atoms with Gasteiger partial charge in [0.15, 0.2) is 5.70 Å². The van der Waals surface area contributed by atoms with Gasteiger partial charge < -0.3 is 0 Å². The zero-order chi connectivity index (χ0) is 19.7. The maximum atomic E-state index is 13.7.